The molecule has 0 spiro atoms. The molecule has 0 aliphatic rings. The number of rotatable bonds is 5. The van der Waals surface area contributed by atoms with E-state index in [9.17, 15) is 9.59 Å². The van der Waals surface area contributed by atoms with Gasteiger partial charge in [-0.15, -0.1) is 0 Å². The topological polar surface area (TPSA) is 86.4 Å². The standard InChI is InChI=1S/C18H23N5O2/c1-12(2)20-18(25)22-14-7-5-6-13(10-14)17(24)21-15-8-9-16(19-11-15)23(3)4/h5-12H,1-4H3,(H,21,24)(H2,20,22,25). The zero-order valence-corrected chi connectivity index (χ0v) is 14.8. The van der Waals surface area contributed by atoms with Crippen molar-refractivity contribution in [2.24, 2.45) is 0 Å². The van der Waals surface area contributed by atoms with Crippen LogP contribution in [0.2, 0.25) is 0 Å². The van der Waals surface area contributed by atoms with Crippen LogP contribution in [-0.2, 0) is 0 Å². The number of nitrogens with one attached hydrogen (secondary N) is 3. The van der Waals surface area contributed by atoms with Crippen molar-refractivity contribution in [3.05, 3.63) is 48.2 Å². The van der Waals surface area contributed by atoms with E-state index in [0.717, 1.165) is 5.82 Å². The third kappa shape index (κ3) is 5.49. The first-order chi connectivity index (χ1) is 11.8. The van der Waals surface area contributed by atoms with Crippen molar-refractivity contribution in [1.29, 1.82) is 0 Å². The lowest BCUT2D eigenvalue weighted by Gasteiger charge is -2.12. The molecule has 0 fully saturated rings. The van der Waals surface area contributed by atoms with Crippen LogP contribution in [0.3, 0.4) is 0 Å². The van der Waals surface area contributed by atoms with Crippen molar-refractivity contribution >= 4 is 29.1 Å². The van der Waals surface area contributed by atoms with Crippen LogP contribution in [0, 0.1) is 0 Å². The van der Waals surface area contributed by atoms with E-state index in [4.69, 9.17) is 0 Å². The summed E-state index contributed by atoms with van der Waals surface area (Å²) in [6.45, 7) is 3.75. The van der Waals surface area contributed by atoms with E-state index in [-0.39, 0.29) is 18.0 Å². The van der Waals surface area contributed by atoms with E-state index >= 15 is 0 Å². The summed E-state index contributed by atoms with van der Waals surface area (Å²) in [7, 11) is 3.79. The average molecular weight is 341 g/mol. The van der Waals surface area contributed by atoms with Crippen molar-refractivity contribution < 1.29 is 9.59 Å². The van der Waals surface area contributed by atoms with Gasteiger partial charge in [0, 0.05) is 31.4 Å². The highest BCUT2D eigenvalue weighted by atomic mass is 16.2. The number of carbonyl (C=O) groups is 2. The minimum Gasteiger partial charge on any atom is -0.363 e. The second-order valence-corrected chi connectivity index (χ2v) is 6.09. The van der Waals surface area contributed by atoms with Crippen LogP contribution in [-0.4, -0.2) is 37.1 Å². The summed E-state index contributed by atoms with van der Waals surface area (Å²) in [6.07, 6.45) is 1.60. The maximum absolute atomic E-state index is 12.4. The molecule has 0 atom stereocenters. The largest absolute Gasteiger partial charge is 0.363 e. The first kappa shape index (κ1) is 18.3. The molecule has 3 N–H and O–H groups in total. The summed E-state index contributed by atoms with van der Waals surface area (Å²) in [4.78, 5) is 30.3. The lowest BCUT2D eigenvalue weighted by Crippen LogP contribution is -2.34. The van der Waals surface area contributed by atoms with Gasteiger partial charge in [0.05, 0.1) is 11.9 Å². The third-order valence-electron chi connectivity index (χ3n) is 3.27. The summed E-state index contributed by atoms with van der Waals surface area (Å²) in [6, 6.07) is 10.1. The average Bonchev–Trinajstić information content (AvgIpc) is 2.54. The second kappa shape index (κ2) is 8.14. The summed E-state index contributed by atoms with van der Waals surface area (Å²) in [5.74, 6) is 0.535. The van der Waals surface area contributed by atoms with Gasteiger partial charge in [0.15, 0.2) is 0 Å². The van der Waals surface area contributed by atoms with Crippen molar-refractivity contribution in [3.63, 3.8) is 0 Å². The quantitative estimate of drug-likeness (QED) is 0.780. The number of urea groups is 1. The Labute approximate surface area is 147 Å². The van der Waals surface area contributed by atoms with E-state index in [1.54, 1.807) is 36.5 Å². The molecular weight excluding hydrogens is 318 g/mol. The minimum atomic E-state index is -0.309. The van der Waals surface area contributed by atoms with E-state index in [2.05, 4.69) is 20.9 Å². The molecule has 0 saturated carbocycles. The fourth-order valence-corrected chi connectivity index (χ4v) is 2.10. The number of amides is 3. The van der Waals surface area contributed by atoms with Gasteiger partial charge in [-0.2, -0.15) is 0 Å². The van der Waals surface area contributed by atoms with E-state index in [0.29, 0.717) is 16.9 Å². The van der Waals surface area contributed by atoms with Gasteiger partial charge in [-0.05, 0) is 44.2 Å². The molecule has 7 heteroatoms. The number of carbonyl (C=O) groups excluding carboxylic acids is 2. The number of pyridine rings is 1. The van der Waals surface area contributed by atoms with Crippen LogP contribution in [0.4, 0.5) is 22.0 Å². The maximum Gasteiger partial charge on any atom is 0.319 e. The molecule has 2 aromatic rings. The van der Waals surface area contributed by atoms with Gasteiger partial charge in [0.1, 0.15) is 5.82 Å². The Morgan fingerprint density at radius 3 is 2.40 bits per heavy atom. The predicted octanol–water partition coefficient (Wildman–Crippen LogP) is 2.93. The second-order valence-electron chi connectivity index (χ2n) is 6.09. The smallest absolute Gasteiger partial charge is 0.319 e. The van der Waals surface area contributed by atoms with Gasteiger partial charge in [-0.3, -0.25) is 4.79 Å². The molecule has 0 aliphatic heterocycles. The zero-order chi connectivity index (χ0) is 18.4. The summed E-state index contributed by atoms with van der Waals surface area (Å²) in [5, 5.41) is 8.22. The Morgan fingerprint density at radius 1 is 1.04 bits per heavy atom. The van der Waals surface area contributed by atoms with E-state index < -0.39 is 0 Å². The van der Waals surface area contributed by atoms with Crippen molar-refractivity contribution in [1.82, 2.24) is 10.3 Å². The molecule has 0 bridgehead atoms. The summed E-state index contributed by atoms with van der Waals surface area (Å²) in [5.41, 5.74) is 1.59. The van der Waals surface area contributed by atoms with Gasteiger partial charge in [0.2, 0.25) is 0 Å². The molecule has 0 saturated heterocycles. The molecule has 0 unspecified atom stereocenters. The molecule has 3 amide bonds. The van der Waals surface area contributed by atoms with Crippen LogP contribution in [0.25, 0.3) is 0 Å². The van der Waals surface area contributed by atoms with Gasteiger partial charge >= 0.3 is 6.03 Å². The minimum absolute atomic E-state index is 0.0316. The van der Waals surface area contributed by atoms with E-state index in [1.807, 2.05) is 38.9 Å². The summed E-state index contributed by atoms with van der Waals surface area (Å²) < 4.78 is 0. The normalized spacial score (nSPS) is 10.3. The molecule has 1 aromatic heterocycles. The molecule has 0 radical (unpaired) electrons. The number of nitrogens with zero attached hydrogens (tertiary/aromatic N) is 2. The fourth-order valence-electron chi connectivity index (χ4n) is 2.10. The first-order valence-corrected chi connectivity index (χ1v) is 7.97. The predicted molar refractivity (Wildman–Crippen MR) is 100 cm³/mol. The Morgan fingerprint density at radius 2 is 1.80 bits per heavy atom. The Balaban J connectivity index is 2.04. The van der Waals surface area contributed by atoms with Crippen LogP contribution in [0.1, 0.15) is 24.2 Å². The monoisotopic (exact) mass is 341 g/mol. The maximum atomic E-state index is 12.4. The Bertz CT molecular complexity index is 741. The third-order valence-corrected chi connectivity index (χ3v) is 3.27. The van der Waals surface area contributed by atoms with Crippen molar-refractivity contribution in [2.75, 3.05) is 29.6 Å². The molecule has 1 aromatic carbocycles. The molecule has 1 heterocycles. The Hall–Kier alpha value is -3.09. The van der Waals surface area contributed by atoms with Gasteiger partial charge in [0.25, 0.3) is 5.91 Å². The number of benzene rings is 1. The van der Waals surface area contributed by atoms with Gasteiger partial charge in [-0.25, -0.2) is 9.78 Å². The van der Waals surface area contributed by atoms with Gasteiger partial charge in [-0.1, -0.05) is 6.07 Å². The lowest BCUT2D eigenvalue weighted by atomic mass is 10.2. The number of anilines is 3. The van der Waals surface area contributed by atoms with Crippen LogP contribution >= 0.6 is 0 Å². The van der Waals surface area contributed by atoms with Crippen molar-refractivity contribution in [3.8, 4) is 0 Å². The van der Waals surface area contributed by atoms with E-state index in [1.165, 1.54) is 0 Å². The molecule has 132 valence electrons. The lowest BCUT2D eigenvalue weighted by molar-refractivity contribution is 0.102. The highest BCUT2D eigenvalue weighted by Crippen LogP contribution is 2.15. The fraction of sp³-hybridized carbons (Fsp3) is 0.278. The SMILES string of the molecule is CC(C)NC(=O)Nc1cccc(C(=O)Nc2ccc(N(C)C)nc2)c1. The molecule has 7 nitrogen and oxygen atoms in total. The number of hydrogen-bond donors (Lipinski definition) is 3. The first-order valence-electron chi connectivity index (χ1n) is 7.97. The zero-order valence-electron chi connectivity index (χ0n) is 14.8. The number of aromatic nitrogens is 1. The molecule has 0 aliphatic carbocycles. The molecular formula is C18H23N5O2. The summed E-state index contributed by atoms with van der Waals surface area (Å²) >= 11 is 0. The van der Waals surface area contributed by atoms with Crippen LogP contribution in [0.5, 0.6) is 0 Å². The molecule has 2 rings (SSSR count). The Kier molecular flexibility index (Phi) is 5.94. The highest BCUT2D eigenvalue weighted by molar-refractivity contribution is 6.05. The number of hydrogen-bond acceptors (Lipinski definition) is 4. The highest BCUT2D eigenvalue weighted by Gasteiger charge is 2.09. The van der Waals surface area contributed by atoms with Crippen molar-refractivity contribution in [2.45, 2.75) is 19.9 Å². The van der Waals surface area contributed by atoms with Crippen LogP contribution < -0.4 is 20.9 Å². The van der Waals surface area contributed by atoms with Gasteiger partial charge < -0.3 is 20.9 Å². The molecule has 25 heavy (non-hydrogen) atoms. The van der Waals surface area contributed by atoms with Crippen LogP contribution in [0.15, 0.2) is 42.6 Å².